The lowest BCUT2D eigenvalue weighted by molar-refractivity contribution is -0.123. The Balaban J connectivity index is 1.16. The lowest BCUT2D eigenvalue weighted by atomic mass is 10.1. The average molecular weight is 546 g/mol. The molecule has 2 saturated heterocycles. The van der Waals surface area contributed by atoms with Gasteiger partial charge >= 0.3 is 0 Å². The highest BCUT2D eigenvalue weighted by atomic mass is 32.2. The minimum atomic E-state index is -0.387. The van der Waals surface area contributed by atoms with Crippen molar-refractivity contribution in [3.05, 3.63) is 106 Å². The Labute approximate surface area is 230 Å². The minimum absolute atomic E-state index is 0.0229. The summed E-state index contributed by atoms with van der Waals surface area (Å²) in [4.78, 5) is 44.0. The molecule has 0 aromatic heterocycles. The standard InChI is InChI=1S/C30H28FN3O4S/c1-38-26-12-6-22(7-13-26)19-32-14-16-33(17-15-32)28(35)24-8-2-21(3-9-24)18-27-29(36)34(30(37)39-27)20-23-4-10-25(31)11-5-23/h2-13,18H,14-17,19-20H2,1H3/b27-18-. The first-order valence-corrected chi connectivity index (χ1v) is 13.5. The first-order chi connectivity index (χ1) is 18.9. The molecule has 0 N–H and O–H groups in total. The first kappa shape index (κ1) is 26.6. The van der Waals surface area contributed by atoms with Crippen LogP contribution in [-0.2, 0) is 17.9 Å². The summed E-state index contributed by atoms with van der Waals surface area (Å²) in [6, 6.07) is 20.8. The molecular weight excluding hydrogens is 517 g/mol. The lowest BCUT2D eigenvalue weighted by Crippen LogP contribution is -2.48. The van der Waals surface area contributed by atoms with Crippen LogP contribution in [-0.4, -0.2) is 65.0 Å². The van der Waals surface area contributed by atoms with Gasteiger partial charge in [-0.05, 0) is 70.9 Å². The minimum Gasteiger partial charge on any atom is -0.497 e. The lowest BCUT2D eigenvalue weighted by Gasteiger charge is -2.34. The van der Waals surface area contributed by atoms with Crippen LogP contribution in [0.25, 0.3) is 6.08 Å². The summed E-state index contributed by atoms with van der Waals surface area (Å²) in [5.41, 5.74) is 3.19. The number of hydrogen-bond donors (Lipinski definition) is 0. The van der Waals surface area contributed by atoms with Crippen LogP contribution in [0.1, 0.15) is 27.0 Å². The van der Waals surface area contributed by atoms with Crippen molar-refractivity contribution in [3.63, 3.8) is 0 Å². The van der Waals surface area contributed by atoms with E-state index in [-0.39, 0.29) is 29.4 Å². The molecule has 3 aromatic carbocycles. The van der Waals surface area contributed by atoms with Gasteiger partial charge in [-0.2, -0.15) is 0 Å². The van der Waals surface area contributed by atoms with Gasteiger partial charge in [0.25, 0.3) is 17.1 Å². The third-order valence-corrected chi connectivity index (χ3v) is 7.72. The van der Waals surface area contributed by atoms with Gasteiger partial charge in [0.05, 0.1) is 18.6 Å². The molecule has 2 fully saturated rings. The normalized spacial score (nSPS) is 17.2. The summed E-state index contributed by atoms with van der Waals surface area (Å²) in [7, 11) is 1.65. The van der Waals surface area contributed by atoms with E-state index in [1.165, 1.54) is 17.7 Å². The van der Waals surface area contributed by atoms with Crippen molar-refractivity contribution in [3.8, 4) is 5.75 Å². The van der Waals surface area contributed by atoms with E-state index in [0.29, 0.717) is 29.1 Å². The highest BCUT2D eigenvalue weighted by Gasteiger charge is 2.35. The molecule has 3 aromatic rings. The largest absolute Gasteiger partial charge is 0.497 e. The highest BCUT2D eigenvalue weighted by molar-refractivity contribution is 8.18. The number of halogens is 1. The monoisotopic (exact) mass is 545 g/mol. The quantitative estimate of drug-likeness (QED) is 0.388. The summed E-state index contributed by atoms with van der Waals surface area (Å²) in [6.07, 6.45) is 1.65. The van der Waals surface area contributed by atoms with Crippen molar-refractivity contribution < 1.29 is 23.5 Å². The summed E-state index contributed by atoms with van der Waals surface area (Å²) in [5.74, 6) is 0.0521. The molecule has 39 heavy (non-hydrogen) atoms. The second-order valence-electron chi connectivity index (χ2n) is 9.43. The molecule has 0 unspecified atom stereocenters. The van der Waals surface area contributed by atoms with Crippen LogP contribution < -0.4 is 4.74 Å². The fourth-order valence-corrected chi connectivity index (χ4v) is 5.40. The van der Waals surface area contributed by atoms with E-state index in [4.69, 9.17) is 4.74 Å². The zero-order valence-electron chi connectivity index (χ0n) is 21.5. The van der Waals surface area contributed by atoms with Crippen LogP contribution in [0.3, 0.4) is 0 Å². The van der Waals surface area contributed by atoms with E-state index in [2.05, 4.69) is 17.0 Å². The number of piperazine rings is 1. The smallest absolute Gasteiger partial charge is 0.293 e. The maximum Gasteiger partial charge on any atom is 0.293 e. The molecule has 2 heterocycles. The number of hydrogen-bond acceptors (Lipinski definition) is 6. The summed E-state index contributed by atoms with van der Waals surface area (Å²) < 4.78 is 18.4. The number of nitrogens with zero attached hydrogens (tertiary/aromatic N) is 3. The van der Waals surface area contributed by atoms with E-state index >= 15 is 0 Å². The van der Waals surface area contributed by atoms with Gasteiger partial charge in [0.1, 0.15) is 11.6 Å². The van der Waals surface area contributed by atoms with E-state index in [0.717, 1.165) is 47.6 Å². The number of imide groups is 1. The van der Waals surface area contributed by atoms with Gasteiger partial charge in [-0.3, -0.25) is 24.2 Å². The molecule has 0 saturated carbocycles. The number of benzene rings is 3. The maximum atomic E-state index is 13.2. The second kappa shape index (κ2) is 11.8. The molecule has 5 rings (SSSR count). The zero-order chi connectivity index (χ0) is 27.4. The Kier molecular flexibility index (Phi) is 8.09. The number of methoxy groups -OCH3 is 1. The molecule has 9 heteroatoms. The molecule has 2 aliphatic rings. The number of thioether (sulfide) groups is 1. The van der Waals surface area contributed by atoms with Crippen LogP contribution >= 0.6 is 11.8 Å². The molecule has 3 amide bonds. The Morgan fingerprint density at radius 3 is 2.13 bits per heavy atom. The molecule has 0 radical (unpaired) electrons. The van der Waals surface area contributed by atoms with Gasteiger partial charge in [-0.1, -0.05) is 36.4 Å². The van der Waals surface area contributed by atoms with Crippen molar-refractivity contribution in [1.82, 2.24) is 14.7 Å². The van der Waals surface area contributed by atoms with Crippen LogP contribution in [0.2, 0.25) is 0 Å². The number of carbonyl (C=O) groups excluding carboxylic acids is 3. The topological polar surface area (TPSA) is 70.2 Å². The molecule has 7 nitrogen and oxygen atoms in total. The van der Waals surface area contributed by atoms with Crippen LogP contribution in [0.4, 0.5) is 9.18 Å². The number of ether oxygens (including phenoxy) is 1. The Bertz CT molecular complexity index is 1380. The van der Waals surface area contributed by atoms with Crippen molar-refractivity contribution in [2.45, 2.75) is 13.1 Å². The van der Waals surface area contributed by atoms with Crippen LogP contribution in [0.5, 0.6) is 5.75 Å². The summed E-state index contributed by atoms with van der Waals surface area (Å²) >= 11 is 0.873. The Morgan fingerprint density at radius 1 is 0.872 bits per heavy atom. The Hall–Kier alpha value is -3.95. The van der Waals surface area contributed by atoms with Crippen molar-refractivity contribution in [1.29, 1.82) is 0 Å². The fraction of sp³-hybridized carbons (Fsp3) is 0.233. The number of rotatable bonds is 7. The fourth-order valence-electron chi connectivity index (χ4n) is 4.56. The molecular formula is C30H28FN3O4S. The first-order valence-electron chi connectivity index (χ1n) is 12.6. The molecule has 0 aliphatic carbocycles. The summed E-state index contributed by atoms with van der Waals surface area (Å²) in [5, 5.41) is -0.367. The third kappa shape index (κ3) is 6.38. The van der Waals surface area contributed by atoms with Crippen molar-refractivity contribution in [2.24, 2.45) is 0 Å². The predicted octanol–water partition coefficient (Wildman–Crippen LogP) is 5.03. The molecule has 2 aliphatic heterocycles. The molecule has 0 spiro atoms. The highest BCUT2D eigenvalue weighted by Crippen LogP contribution is 2.33. The van der Waals surface area contributed by atoms with Crippen molar-refractivity contribution in [2.75, 3.05) is 33.3 Å². The van der Waals surface area contributed by atoms with Crippen LogP contribution in [0.15, 0.2) is 77.7 Å². The van der Waals surface area contributed by atoms with Gasteiger partial charge in [0.2, 0.25) is 0 Å². The number of amides is 3. The average Bonchev–Trinajstić information content (AvgIpc) is 3.22. The van der Waals surface area contributed by atoms with Gasteiger partial charge in [-0.25, -0.2) is 4.39 Å². The third-order valence-electron chi connectivity index (χ3n) is 6.81. The zero-order valence-corrected chi connectivity index (χ0v) is 22.3. The van der Waals surface area contributed by atoms with Gasteiger partial charge in [0, 0.05) is 38.3 Å². The van der Waals surface area contributed by atoms with E-state index in [1.54, 1.807) is 49.6 Å². The van der Waals surface area contributed by atoms with Gasteiger partial charge < -0.3 is 9.64 Å². The molecule has 0 atom stereocenters. The molecule has 0 bridgehead atoms. The van der Waals surface area contributed by atoms with E-state index in [1.807, 2.05) is 17.0 Å². The Morgan fingerprint density at radius 2 is 1.49 bits per heavy atom. The van der Waals surface area contributed by atoms with Gasteiger partial charge in [-0.15, -0.1) is 0 Å². The van der Waals surface area contributed by atoms with Gasteiger partial charge in [0.15, 0.2) is 0 Å². The van der Waals surface area contributed by atoms with E-state index < -0.39 is 0 Å². The maximum absolute atomic E-state index is 13.2. The molecule has 200 valence electrons. The van der Waals surface area contributed by atoms with E-state index in [9.17, 15) is 18.8 Å². The second-order valence-corrected chi connectivity index (χ2v) is 10.4. The SMILES string of the molecule is COc1ccc(CN2CCN(C(=O)c3ccc(/C=C4\SC(=O)N(Cc5ccc(F)cc5)C4=O)cc3)CC2)cc1. The predicted molar refractivity (Wildman–Crippen MR) is 149 cm³/mol. The number of carbonyl (C=O) groups is 3. The summed E-state index contributed by atoms with van der Waals surface area (Å²) in [6.45, 7) is 3.81. The van der Waals surface area contributed by atoms with Crippen molar-refractivity contribution >= 4 is 34.9 Å². The van der Waals surface area contributed by atoms with Crippen LogP contribution in [0, 0.1) is 5.82 Å².